The monoisotopic (exact) mass is 233 g/mol. The summed E-state index contributed by atoms with van der Waals surface area (Å²) in [6.45, 7) is 5.59. The van der Waals surface area contributed by atoms with E-state index >= 15 is 0 Å². The quantitative estimate of drug-likeness (QED) is 0.810. The van der Waals surface area contributed by atoms with Crippen molar-refractivity contribution in [2.75, 3.05) is 18.4 Å². The molecule has 0 spiro atoms. The summed E-state index contributed by atoms with van der Waals surface area (Å²) in [4.78, 5) is 18.2. The van der Waals surface area contributed by atoms with Crippen molar-refractivity contribution < 1.29 is 4.79 Å². The zero-order valence-corrected chi connectivity index (χ0v) is 10.5. The summed E-state index contributed by atoms with van der Waals surface area (Å²) in [5.41, 5.74) is 2.65. The summed E-state index contributed by atoms with van der Waals surface area (Å²) in [7, 11) is 0. The normalized spacial score (nSPS) is 15.8. The minimum absolute atomic E-state index is 0.00143. The number of hydrogen-bond acceptors (Lipinski definition) is 2. The minimum atomic E-state index is -0.00143. The largest absolute Gasteiger partial charge is 0.325 e. The summed E-state index contributed by atoms with van der Waals surface area (Å²) in [5, 5.41) is 2.93. The van der Waals surface area contributed by atoms with Crippen molar-refractivity contribution in [1.82, 2.24) is 9.88 Å². The number of rotatable bonds is 1. The van der Waals surface area contributed by atoms with Crippen LogP contribution in [-0.4, -0.2) is 29.0 Å². The highest BCUT2D eigenvalue weighted by Gasteiger charge is 2.16. The Bertz CT molecular complexity index is 411. The first-order chi connectivity index (χ1) is 8.16. The lowest BCUT2D eigenvalue weighted by Gasteiger charge is -2.27. The van der Waals surface area contributed by atoms with Gasteiger partial charge in [0.2, 0.25) is 0 Å². The molecule has 0 bridgehead atoms. The summed E-state index contributed by atoms with van der Waals surface area (Å²) < 4.78 is 0. The molecule has 2 amide bonds. The number of nitrogens with one attached hydrogen (secondary N) is 1. The number of anilines is 1. The molecule has 0 saturated carbocycles. The second-order valence-corrected chi connectivity index (χ2v) is 4.56. The van der Waals surface area contributed by atoms with Gasteiger partial charge >= 0.3 is 6.03 Å². The van der Waals surface area contributed by atoms with Crippen molar-refractivity contribution in [1.29, 1.82) is 0 Å². The molecule has 2 heterocycles. The van der Waals surface area contributed by atoms with E-state index in [1.807, 2.05) is 30.9 Å². The van der Waals surface area contributed by atoms with Gasteiger partial charge in [0.1, 0.15) is 0 Å². The van der Waals surface area contributed by atoms with Crippen LogP contribution >= 0.6 is 0 Å². The molecule has 0 radical (unpaired) electrons. The maximum Gasteiger partial charge on any atom is 0.321 e. The third-order valence-corrected chi connectivity index (χ3v) is 3.11. The van der Waals surface area contributed by atoms with E-state index in [-0.39, 0.29) is 6.03 Å². The van der Waals surface area contributed by atoms with E-state index in [2.05, 4.69) is 10.3 Å². The molecule has 1 aliphatic heterocycles. The molecule has 1 N–H and O–H groups in total. The number of urea groups is 1. The Hall–Kier alpha value is -1.58. The van der Waals surface area contributed by atoms with Gasteiger partial charge in [0.05, 0.1) is 11.4 Å². The predicted octanol–water partition coefficient (Wildman–Crippen LogP) is 2.72. The number of nitrogens with zero attached hydrogens (tertiary/aromatic N) is 2. The van der Waals surface area contributed by atoms with Gasteiger partial charge in [-0.2, -0.15) is 0 Å². The Morgan fingerprint density at radius 3 is 2.59 bits per heavy atom. The van der Waals surface area contributed by atoms with Gasteiger partial charge in [-0.15, -0.1) is 0 Å². The number of pyridine rings is 1. The lowest BCUT2D eigenvalue weighted by molar-refractivity contribution is 0.200. The van der Waals surface area contributed by atoms with E-state index in [0.29, 0.717) is 0 Å². The fourth-order valence-electron chi connectivity index (χ4n) is 2.11. The SMILES string of the molecule is Cc1ccc(NC(=O)N2CCCCC2)c(C)n1. The number of hydrogen-bond donors (Lipinski definition) is 1. The molecule has 2 rings (SSSR count). The topological polar surface area (TPSA) is 45.2 Å². The molecular formula is C13H19N3O. The van der Waals surface area contributed by atoms with Crippen LogP contribution in [-0.2, 0) is 0 Å². The van der Waals surface area contributed by atoms with Crippen LogP contribution in [0.2, 0.25) is 0 Å². The number of carbonyl (C=O) groups excluding carboxylic acids is 1. The number of amides is 2. The molecular weight excluding hydrogens is 214 g/mol. The van der Waals surface area contributed by atoms with Gasteiger partial charge in [-0.25, -0.2) is 4.79 Å². The molecule has 4 nitrogen and oxygen atoms in total. The third-order valence-electron chi connectivity index (χ3n) is 3.11. The Labute approximate surface area is 102 Å². The first kappa shape index (κ1) is 11.9. The van der Waals surface area contributed by atoms with Crippen LogP contribution in [0.1, 0.15) is 30.7 Å². The van der Waals surface area contributed by atoms with Crippen LogP contribution in [0, 0.1) is 13.8 Å². The van der Waals surface area contributed by atoms with Crippen LogP contribution in [0.15, 0.2) is 12.1 Å². The van der Waals surface area contributed by atoms with Crippen LogP contribution in [0.25, 0.3) is 0 Å². The summed E-state index contributed by atoms with van der Waals surface area (Å²) >= 11 is 0. The summed E-state index contributed by atoms with van der Waals surface area (Å²) in [5.74, 6) is 0. The Morgan fingerprint density at radius 1 is 1.24 bits per heavy atom. The zero-order valence-electron chi connectivity index (χ0n) is 10.5. The second-order valence-electron chi connectivity index (χ2n) is 4.56. The van der Waals surface area contributed by atoms with Crippen molar-refractivity contribution in [3.63, 3.8) is 0 Å². The van der Waals surface area contributed by atoms with Gasteiger partial charge < -0.3 is 10.2 Å². The van der Waals surface area contributed by atoms with Crippen LogP contribution < -0.4 is 5.32 Å². The maximum absolute atomic E-state index is 12.0. The molecule has 17 heavy (non-hydrogen) atoms. The molecule has 4 heteroatoms. The van der Waals surface area contributed by atoms with Crippen LogP contribution in [0.5, 0.6) is 0 Å². The number of aryl methyl sites for hydroxylation is 2. The maximum atomic E-state index is 12.0. The highest BCUT2D eigenvalue weighted by atomic mass is 16.2. The first-order valence-electron chi connectivity index (χ1n) is 6.17. The van der Waals surface area contributed by atoms with Crippen molar-refractivity contribution in [2.45, 2.75) is 33.1 Å². The van der Waals surface area contributed by atoms with E-state index in [1.54, 1.807) is 0 Å². The van der Waals surface area contributed by atoms with Crippen LogP contribution in [0.3, 0.4) is 0 Å². The average molecular weight is 233 g/mol. The van der Waals surface area contributed by atoms with Crippen LogP contribution in [0.4, 0.5) is 10.5 Å². The highest BCUT2D eigenvalue weighted by molar-refractivity contribution is 5.89. The summed E-state index contributed by atoms with van der Waals surface area (Å²) in [6, 6.07) is 3.83. The molecule has 1 aromatic rings. The molecule has 92 valence electrons. The molecule has 0 aromatic carbocycles. The van der Waals surface area contributed by atoms with Crippen molar-refractivity contribution in [3.8, 4) is 0 Å². The van der Waals surface area contributed by atoms with Crippen molar-refractivity contribution in [3.05, 3.63) is 23.5 Å². The molecule has 0 unspecified atom stereocenters. The Balaban J connectivity index is 2.02. The first-order valence-corrected chi connectivity index (χ1v) is 6.17. The smallest absolute Gasteiger partial charge is 0.321 e. The third kappa shape index (κ3) is 2.96. The molecule has 1 saturated heterocycles. The molecule has 0 atom stereocenters. The van der Waals surface area contributed by atoms with Gasteiger partial charge in [-0.1, -0.05) is 0 Å². The van der Waals surface area contributed by atoms with E-state index < -0.39 is 0 Å². The van der Waals surface area contributed by atoms with Gasteiger partial charge in [-0.05, 0) is 45.2 Å². The fourth-order valence-corrected chi connectivity index (χ4v) is 2.11. The standard InChI is InChI=1S/C13H19N3O/c1-10-6-7-12(11(2)14-10)15-13(17)16-8-4-3-5-9-16/h6-7H,3-5,8-9H2,1-2H3,(H,15,17). The lowest BCUT2D eigenvalue weighted by atomic mass is 10.1. The van der Waals surface area contributed by atoms with Gasteiger partial charge in [0, 0.05) is 18.8 Å². The number of likely N-dealkylation sites (tertiary alicyclic amines) is 1. The Kier molecular flexibility index (Phi) is 3.61. The summed E-state index contributed by atoms with van der Waals surface area (Å²) in [6.07, 6.45) is 3.45. The number of aromatic nitrogens is 1. The molecule has 1 fully saturated rings. The lowest BCUT2D eigenvalue weighted by Crippen LogP contribution is -2.38. The van der Waals surface area contributed by atoms with Crippen molar-refractivity contribution >= 4 is 11.7 Å². The van der Waals surface area contributed by atoms with E-state index in [9.17, 15) is 4.79 Å². The number of carbonyl (C=O) groups is 1. The van der Waals surface area contributed by atoms with Gasteiger partial charge in [0.15, 0.2) is 0 Å². The fraction of sp³-hybridized carbons (Fsp3) is 0.538. The molecule has 0 aliphatic carbocycles. The zero-order chi connectivity index (χ0) is 12.3. The van der Waals surface area contributed by atoms with E-state index in [1.165, 1.54) is 6.42 Å². The number of piperidine rings is 1. The van der Waals surface area contributed by atoms with Gasteiger partial charge in [0.25, 0.3) is 0 Å². The molecule has 1 aromatic heterocycles. The highest BCUT2D eigenvalue weighted by Crippen LogP contribution is 2.15. The van der Waals surface area contributed by atoms with E-state index in [4.69, 9.17) is 0 Å². The molecule has 1 aliphatic rings. The average Bonchev–Trinajstić information content (AvgIpc) is 2.34. The predicted molar refractivity (Wildman–Crippen MR) is 68.2 cm³/mol. The second kappa shape index (κ2) is 5.17. The van der Waals surface area contributed by atoms with Crippen molar-refractivity contribution in [2.24, 2.45) is 0 Å². The van der Waals surface area contributed by atoms with E-state index in [0.717, 1.165) is 43.0 Å². The van der Waals surface area contributed by atoms with Gasteiger partial charge in [-0.3, -0.25) is 4.98 Å². The Morgan fingerprint density at radius 2 is 1.94 bits per heavy atom. The minimum Gasteiger partial charge on any atom is -0.325 e.